The molecule has 6 nitrogen and oxygen atoms in total. The van der Waals surface area contributed by atoms with Gasteiger partial charge in [-0.2, -0.15) is 0 Å². The molecule has 0 heterocycles. The molecule has 1 atom stereocenters. The van der Waals surface area contributed by atoms with Gasteiger partial charge in [0.05, 0.1) is 10.9 Å². The Balaban J connectivity index is 2.84. The maximum atomic E-state index is 11.9. The van der Waals surface area contributed by atoms with E-state index in [0.717, 1.165) is 0 Å². The number of carbonyl (C=O) groups excluding carboxylic acids is 1. The molecule has 20 heavy (non-hydrogen) atoms. The molecule has 0 saturated heterocycles. The van der Waals surface area contributed by atoms with Crippen LogP contribution in [0.1, 0.15) is 20.3 Å². The zero-order chi connectivity index (χ0) is 15.3. The van der Waals surface area contributed by atoms with Gasteiger partial charge in [0.1, 0.15) is 0 Å². The van der Waals surface area contributed by atoms with Crippen LogP contribution in [0.2, 0.25) is 0 Å². The number of carbonyl (C=O) groups is 1. The van der Waals surface area contributed by atoms with Crippen molar-refractivity contribution < 1.29 is 13.2 Å². The average molecular weight is 299 g/mol. The third-order valence-corrected chi connectivity index (χ3v) is 4.15. The molecule has 0 saturated carbocycles. The quantitative estimate of drug-likeness (QED) is 0.726. The van der Waals surface area contributed by atoms with Crippen LogP contribution in [0, 0.1) is 5.92 Å². The summed E-state index contributed by atoms with van der Waals surface area (Å²) < 4.78 is 25.6. The van der Waals surface area contributed by atoms with Crippen molar-refractivity contribution in [2.75, 3.05) is 12.4 Å². The predicted octanol–water partition coefficient (Wildman–Crippen LogP) is 0.907. The summed E-state index contributed by atoms with van der Waals surface area (Å²) >= 11 is 0. The van der Waals surface area contributed by atoms with Crippen LogP contribution in [0.15, 0.2) is 29.2 Å². The number of benzene rings is 1. The Morgan fingerprint density at radius 2 is 2.00 bits per heavy atom. The second kappa shape index (κ2) is 6.83. The zero-order valence-electron chi connectivity index (χ0n) is 11.9. The van der Waals surface area contributed by atoms with E-state index in [-0.39, 0.29) is 10.8 Å². The lowest BCUT2D eigenvalue weighted by Crippen LogP contribution is -2.36. The van der Waals surface area contributed by atoms with Gasteiger partial charge in [0.2, 0.25) is 15.9 Å². The molecule has 7 heteroatoms. The standard InChI is InChI=1S/C13H21N3O3S/c1-9(2)7-12(14)13(17)16-10-5-4-6-11(8-10)20(18,19)15-3/h4-6,8-9,12,15H,7,14H2,1-3H3,(H,16,17). The number of hydrogen-bond donors (Lipinski definition) is 3. The van der Waals surface area contributed by atoms with Crippen molar-refractivity contribution in [3.8, 4) is 0 Å². The van der Waals surface area contributed by atoms with Gasteiger partial charge in [-0.15, -0.1) is 0 Å². The molecule has 4 N–H and O–H groups in total. The zero-order valence-corrected chi connectivity index (χ0v) is 12.7. The third-order valence-electron chi connectivity index (χ3n) is 2.74. The van der Waals surface area contributed by atoms with Crippen molar-refractivity contribution in [1.29, 1.82) is 0 Å². The van der Waals surface area contributed by atoms with Gasteiger partial charge >= 0.3 is 0 Å². The van der Waals surface area contributed by atoms with E-state index in [4.69, 9.17) is 5.73 Å². The van der Waals surface area contributed by atoms with Gasteiger partial charge in [-0.05, 0) is 37.6 Å². The highest BCUT2D eigenvalue weighted by atomic mass is 32.2. The first-order valence-corrected chi connectivity index (χ1v) is 7.84. The first-order chi connectivity index (χ1) is 9.26. The highest BCUT2D eigenvalue weighted by molar-refractivity contribution is 7.89. The van der Waals surface area contributed by atoms with Crippen LogP contribution < -0.4 is 15.8 Å². The third kappa shape index (κ3) is 4.59. The van der Waals surface area contributed by atoms with E-state index in [2.05, 4.69) is 10.0 Å². The molecule has 0 aliphatic rings. The molecule has 1 rings (SSSR count). The highest BCUT2D eigenvalue weighted by Gasteiger charge is 2.16. The number of hydrogen-bond acceptors (Lipinski definition) is 4. The molecule has 1 aromatic rings. The van der Waals surface area contributed by atoms with Crippen LogP contribution in [0.5, 0.6) is 0 Å². The van der Waals surface area contributed by atoms with Gasteiger partial charge in [0.15, 0.2) is 0 Å². The van der Waals surface area contributed by atoms with Crippen molar-refractivity contribution >= 4 is 21.6 Å². The number of anilines is 1. The van der Waals surface area contributed by atoms with E-state index in [0.29, 0.717) is 18.0 Å². The molecular weight excluding hydrogens is 278 g/mol. The van der Waals surface area contributed by atoms with E-state index in [1.54, 1.807) is 12.1 Å². The summed E-state index contributed by atoms with van der Waals surface area (Å²) in [5, 5.41) is 2.63. The molecule has 112 valence electrons. The van der Waals surface area contributed by atoms with Gasteiger partial charge < -0.3 is 11.1 Å². The number of sulfonamides is 1. The Bertz CT molecular complexity index is 570. The second-order valence-electron chi connectivity index (χ2n) is 4.96. The first kappa shape index (κ1) is 16.6. The molecule has 0 fully saturated rings. The van der Waals surface area contributed by atoms with E-state index in [1.807, 2.05) is 13.8 Å². The lowest BCUT2D eigenvalue weighted by atomic mass is 10.0. The van der Waals surface area contributed by atoms with E-state index in [9.17, 15) is 13.2 Å². The largest absolute Gasteiger partial charge is 0.325 e. The summed E-state index contributed by atoms with van der Waals surface area (Å²) in [6.07, 6.45) is 0.570. The minimum Gasteiger partial charge on any atom is -0.325 e. The second-order valence-corrected chi connectivity index (χ2v) is 6.85. The van der Waals surface area contributed by atoms with E-state index < -0.39 is 16.1 Å². The summed E-state index contributed by atoms with van der Waals surface area (Å²) in [6.45, 7) is 3.96. The topological polar surface area (TPSA) is 101 Å². The van der Waals surface area contributed by atoms with Gasteiger partial charge in [0, 0.05) is 5.69 Å². The molecule has 0 aliphatic carbocycles. The van der Waals surface area contributed by atoms with Crippen molar-refractivity contribution in [3.63, 3.8) is 0 Å². The van der Waals surface area contributed by atoms with Gasteiger partial charge in [-0.3, -0.25) is 4.79 Å². The lowest BCUT2D eigenvalue weighted by molar-refractivity contribution is -0.117. The summed E-state index contributed by atoms with van der Waals surface area (Å²) in [5.74, 6) is -0.00976. The number of nitrogens with one attached hydrogen (secondary N) is 2. The van der Waals surface area contributed by atoms with Gasteiger partial charge in [-0.1, -0.05) is 19.9 Å². The molecule has 1 amide bonds. The average Bonchev–Trinajstić information content (AvgIpc) is 2.38. The van der Waals surface area contributed by atoms with Crippen LogP contribution in [0.25, 0.3) is 0 Å². The van der Waals surface area contributed by atoms with Crippen molar-refractivity contribution in [2.24, 2.45) is 11.7 Å². The Hall–Kier alpha value is -1.44. The Morgan fingerprint density at radius 1 is 1.35 bits per heavy atom. The first-order valence-electron chi connectivity index (χ1n) is 6.36. The minimum atomic E-state index is -3.53. The summed E-state index contributed by atoms with van der Waals surface area (Å²) in [6, 6.07) is 5.42. The van der Waals surface area contributed by atoms with E-state index in [1.165, 1.54) is 19.2 Å². The van der Waals surface area contributed by atoms with Crippen LogP contribution in [-0.2, 0) is 14.8 Å². The molecule has 0 radical (unpaired) electrons. The van der Waals surface area contributed by atoms with Crippen LogP contribution in [0.3, 0.4) is 0 Å². The number of rotatable bonds is 6. The summed E-state index contributed by atoms with van der Waals surface area (Å²) in [4.78, 5) is 12.0. The van der Waals surface area contributed by atoms with Crippen LogP contribution >= 0.6 is 0 Å². The fraction of sp³-hybridized carbons (Fsp3) is 0.462. The SMILES string of the molecule is CNS(=O)(=O)c1cccc(NC(=O)C(N)CC(C)C)c1. The molecule has 0 aliphatic heterocycles. The molecule has 1 aromatic carbocycles. The van der Waals surface area contributed by atoms with Crippen molar-refractivity contribution in [1.82, 2.24) is 4.72 Å². The predicted molar refractivity (Wildman–Crippen MR) is 78.7 cm³/mol. The number of amides is 1. The fourth-order valence-electron chi connectivity index (χ4n) is 1.71. The Morgan fingerprint density at radius 3 is 2.55 bits per heavy atom. The highest BCUT2D eigenvalue weighted by Crippen LogP contribution is 2.15. The fourth-order valence-corrected chi connectivity index (χ4v) is 2.48. The lowest BCUT2D eigenvalue weighted by Gasteiger charge is -2.14. The molecule has 0 spiro atoms. The number of nitrogens with two attached hydrogens (primary N) is 1. The van der Waals surface area contributed by atoms with Gasteiger partial charge in [-0.25, -0.2) is 13.1 Å². The van der Waals surface area contributed by atoms with Crippen LogP contribution in [0.4, 0.5) is 5.69 Å². The monoisotopic (exact) mass is 299 g/mol. The van der Waals surface area contributed by atoms with Crippen molar-refractivity contribution in [2.45, 2.75) is 31.2 Å². The maximum absolute atomic E-state index is 11.9. The maximum Gasteiger partial charge on any atom is 0.241 e. The Kier molecular flexibility index (Phi) is 5.67. The molecule has 0 bridgehead atoms. The molecule has 1 unspecified atom stereocenters. The van der Waals surface area contributed by atoms with Crippen molar-refractivity contribution in [3.05, 3.63) is 24.3 Å². The minimum absolute atomic E-state index is 0.0928. The summed E-state index contributed by atoms with van der Waals surface area (Å²) in [7, 11) is -2.20. The molecular formula is C13H21N3O3S. The summed E-state index contributed by atoms with van der Waals surface area (Å²) in [5.41, 5.74) is 6.18. The smallest absolute Gasteiger partial charge is 0.241 e. The Labute approximate surface area is 119 Å². The van der Waals surface area contributed by atoms with E-state index >= 15 is 0 Å². The normalized spacial score (nSPS) is 13.2. The molecule has 0 aromatic heterocycles. The van der Waals surface area contributed by atoms with Crippen LogP contribution in [-0.4, -0.2) is 27.4 Å². The van der Waals surface area contributed by atoms with Gasteiger partial charge in [0.25, 0.3) is 0 Å².